The maximum absolute atomic E-state index is 9.70. The summed E-state index contributed by atoms with van der Waals surface area (Å²) < 4.78 is 5.96. The van der Waals surface area contributed by atoms with Crippen molar-refractivity contribution < 1.29 is 0 Å². The van der Waals surface area contributed by atoms with Crippen LogP contribution >= 0.6 is 22.7 Å². The second kappa shape index (κ2) is 8.21. The molecule has 0 aliphatic carbocycles. The Morgan fingerprint density at radius 1 is 0.641 bits per heavy atom. The Kier molecular flexibility index (Phi) is 4.62. The summed E-state index contributed by atoms with van der Waals surface area (Å²) in [5, 5.41) is 26.1. The van der Waals surface area contributed by atoms with Crippen molar-refractivity contribution in [1.29, 1.82) is 10.5 Å². The van der Waals surface area contributed by atoms with Gasteiger partial charge in [0.2, 0.25) is 0 Å². The smallest absolute Gasteiger partial charge is 0.177 e. The van der Waals surface area contributed by atoms with Gasteiger partial charge in [-0.1, -0.05) is 66.7 Å². The van der Waals surface area contributed by atoms with Crippen molar-refractivity contribution in [3.8, 4) is 28.4 Å². The number of rotatable bonds is 2. The predicted octanol–water partition coefficient (Wildman–Crippen LogP) is 8.57. The first-order valence-electron chi connectivity index (χ1n) is 12.3. The quantitative estimate of drug-likeness (QED) is 0.223. The van der Waals surface area contributed by atoms with Gasteiger partial charge in [-0.3, -0.25) is 4.57 Å². The molecule has 0 fully saturated rings. The molecule has 0 atom stereocenters. The summed E-state index contributed by atoms with van der Waals surface area (Å²) in [6.07, 6.45) is 1.61. The largest absolute Gasteiger partial charge is 0.299 e. The molecule has 0 aliphatic rings. The minimum absolute atomic E-state index is 0.0327. The van der Waals surface area contributed by atoms with Crippen LogP contribution in [0.2, 0.25) is 0 Å². The number of nitrogens with zero attached hydrogens (tertiary/aromatic N) is 5. The van der Waals surface area contributed by atoms with E-state index in [0.29, 0.717) is 5.69 Å². The second-order valence-corrected chi connectivity index (χ2v) is 11.3. The van der Waals surface area contributed by atoms with E-state index in [1.165, 1.54) is 30.9 Å². The lowest BCUT2D eigenvalue weighted by Crippen LogP contribution is -1.99. The predicted molar refractivity (Wildman–Crippen MR) is 160 cm³/mol. The zero-order valence-electron chi connectivity index (χ0n) is 20.2. The van der Waals surface area contributed by atoms with Crippen LogP contribution in [0.25, 0.3) is 68.3 Å². The number of para-hydroxylation sites is 1. The fourth-order valence-corrected chi connectivity index (χ4v) is 8.02. The van der Waals surface area contributed by atoms with E-state index in [4.69, 9.17) is 0 Å². The molecule has 4 aromatic carbocycles. The van der Waals surface area contributed by atoms with Crippen molar-refractivity contribution in [2.45, 2.75) is 0 Å². The summed E-state index contributed by atoms with van der Waals surface area (Å²) in [4.78, 5) is 8.94. The van der Waals surface area contributed by atoms with Crippen LogP contribution in [0.1, 0.15) is 11.4 Å². The molecule has 4 aromatic heterocycles. The van der Waals surface area contributed by atoms with Crippen LogP contribution in [0.15, 0.2) is 91.1 Å². The van der Waals surface area contributed by atoms with E-state index < -0.39 is 0 Å². The number of nitriles is 2. The molecule has 4 heterocycles. The topological polar surface area (TPSA) is 78.3 Å². The van der Waals surface area contributed by atoms with Crippen LogP contribution in [-0.4, -0.2) is 14.5 Å². The van der Waals surface area contributed by atoms with Gasteiger partial charge in [-0.2, -0.15) is 10.5 Å². The molecular formula is C32H15N5S2. The van der Waals surface area contributed by atoms with Gasteiger partial charge in [0.15, 0.2) is 11.4 Å². The third kappa shape index (κ3) is 3.03. The molecule has 8 rings (SSSR count). The SMILES string of the molecule is N#Cc1ncc(-c2c(-n3c4ccccc4c4ccc5c6ccccc6sc5c43)sc3ccccc23)nc1C#N. The van der Waals surface area contributed by atoms with Crippen LogP contribution in [0.3, 0.4) is 0 Å². The second-order valence-electron chi connectivity index (χ2n) is 9.24. The molecule has 0 spiro atoms. The molecule has 0 unspecified atom stereocenters. The summed E-state index contributed by atoms with van der Waals surface area (Å²) >= 11 is 3.51. The molecule has 0 N–H and O–H groups in total. The molecule has 180 valence electrons. The Morgan fingerprint density at radius 2 is 1.31 bits per heavy atom. The fraction of sp³-hybridized carbons (Fsp3) is 0. The van der Waals surface area contributed by atoms with Crippen LogP contribution in [0.4, 0.5) is 0 Å². The fourth-order valence-electron chi connectivity index (χ4n) is 5.55. The van der Waals surface area contributed by atoms with E-state index in [9.17, 15) is 10.5 Å². The lowest BCUT2D eigenvalue weighted by Gasteiger charge is -2.10. The van der Waals surface area contributed by atoms with E-state index in [1.54, 1.807) is 17.5 Å². The van der Waals surface area contributed by atoms with Gasteiger partial charge in [-0.15, -0.1) is 22.7 Å². The molecular weight excluding hydrogens is 519 g/mol. The van der Waals surface area contributed by atoms with Gasteiger partial charge in [0.25, 0.3) is 0 Å². The Morgan fingerprint density at radius 3 is 2.10 bits per heavy atom. The average molecular weight is 534 g/mol. The summed E-state index contributed by atoms with van der Waals surface area (Å²) in [5.41, 5.74) is 3.81. The zero-order chi connectivity index (χ0) is 26.1. The highest BCUT2D eigenvalue weighted by Gasteiger charge is 2.24. The summed E-state index contributed by atoms with van der Waals surface area (Å²) in [7, 11) is 0. The number of hydrogen-bond acceptors (Lipinski definition) is 6. The normalized spacial score (nSPS) is 11.5. The lowest BCUT2D eigenvalue weighted by molar-refractivity contribution is 1.13. The third-order valence-electron chi connectivity index (χ3n) is 7.20. The van der Waals surface area contributed by atoms with E-state index in [2.05, 4.69) is 93.4 Å². The average Bonchev–Trinajstić information content (AvgIpc) is 3.66. The number of thiophene rings is 2. The van der Waals surface area contributed by atoms with Crippen molar-refractivity contribution >= 4 is 74.7 Å². The minimum atomic E-state index is 0.0327. The van der Waals surface area contributed by atoms with Crippen LogP contribution in [0, 0.1) is 22.7 Å². The van der Waals surface area contributed by atoms with Gasteiger partial charge < -0.3 is 0 Å². The molecule has 39 heavy (non-hydrogen) atoms. The first kappa shape index (κ1) is 22.0. The summed E-state index contributed by atoms with van der Waals surface area (Å²) in [6.45, 7) is 0. The number of fused-ring (bicyclic) bond motifs is 8. The number of aromatic nitrogens is 3. The highest BCUT2D eigenvalue weighted by Crippen LogP contribution is 2.47. The molecule has 5 nitrogen and oxygen atoms in total. The van der Waals surface area contributed by atoms with Gasteiger partial charge in [0.1, 0.15) is 17.1 Å². The monoisotopic (exact) mass is 533 g/mol. The van der Waals surface area contributed by atoms with Crippen molar-refractivity contribution in [3.63, 3.8) is 0 Å². The summed E-state index contributed by atoms with van der Waals surface area (Å²) in [5.74, 6) is 0. The Hall–Kier alpha value is -5.08. The molecule has 0 bridgehead atoms. The summed E-state index contributed by atoms with van der Waals surface area (Å²) in [6, 6.07) is 33.8. The highest BCUT2D eigenvalue weighted by atomic mass is 32.1. The number of hydrogen-bond donors (Lipinski definition) is 0. The molecule has 0 radical (unpaired) electrons. The molecule has 0 amide bonds. The number of benzene rings is 4. The van der Waals surface area contributed by atoms with Crippen molar-refractivity contribution in [2.75, 3.05) is 0 Å². The lowest BCUT2D eigenvalue weighted by atomic mass is 10.1. The molecule has 0 saturated carbocycles. The Bertz CT molecular complexity index is 2380. The van der Waals surface area contributed by atoms with E-state index in [0.717, 1.165) is 31.7 Å². The molecule has 7 heteroatoms. The zero-order valence-corrected chi connectivity index (χ0v) is 21.8. The Labute approximate surface area is 230 Å². The third-order valence-corrected chi connectivity index (χ3v) is 9.55. The van der Waals surface area contributed by atoms with E-state index >= 15 is 0 Å². The van der Waals surface area contributed by atoms with Gasteiger partial charge in [-0.05, 0) is 18.2 Å². The van der Waals surface area contributed by atoms with Gasteiger partial charge in [0, 0.05) is 41.9 Å². The molecule has 8 aromatic rings. The maximum atomic E-state index is 9.70. The Balaban J connectivity index is 1.58. The first-order chi connectivity index (χ1) is 19.3. The van der Waals surface area contributed by atoms with Gasteiger partial charge >= 0.3 is 0 Å². The van der Waals surface area contributed by atoms with Crippen LogP contribution in [-0.2, 0) is 0 Å². The van der Waals surface area contributed by atoms with Crippen LogP contribution in [0.5, 0.6) is 0 Å². The molecule has 0 aliphatic heterocycles. The maximum Gasteiger partial charge on any atom is 0.177 e. The first-order valence-corrected chi connectivity index (χ1v) is 13.9. The standard InChI is InChI=1S/C32H15N5S2/c33-15-23-24(16-34)36-25(17-35-23)29-22-9-3-6-12-28(22)39-32(29)37-26-10-4-1-7-18(26)20-13-14-21-19-8-2-5-11-27(19)38-31(21)30(20)37/h1-14,17H. The van der Waals surface area contributed by atoms with Gasteiger partial charge in [0.05, 0.1) is 27.6 Å². The van der Waals surface area contributed by atoms with Crippen molar-refractivity contribution in [2.24, 2.45) is 0 Å². The van der Waals surface area contributed by atoms with Crippen molar-refractivity contribution in [1.82, 2.24) is 14.5 Å². The van der Waals surface area contributed by atoms with Gasteiger partial charge in [-0.25, -0.2) is 9.97 Å². The van der Waals surface area contributed by atoms with E-state index in [1.807, 2.05) is 29.5 Å². The molecule has 0 saturated heterocycles. The van der Waals surface area contributed by atoms with E-state index in [-0.39, 0.29) is 11.4 Å². The van der Waals surface area contributed by atoms with Crippen molar-refractivity contribution in [3.05, 3.63) is 103 Å². The highest BCUT2D eigenvalue weighted by molar-refractivity contribution is 7.26. The minimum Gasteiger partial charge on any atom is -0.299 e. The van der Waals surface area contributed by atoms with Crippen LogP contribution < -0.4 is 0 Å².